The van der Waals surface area contributed by atoms with Crippen molar-refractivity contribution in [1.29, 1.82) is 0 Å². The van der Waals surface area contributed by atoms with Gasteiger partial charge in [-0.3, -0.25) is 4.79 Å². The second kappa shape index (κ2) is 7.79. The Morgan fingerprint density at radius 2 is 2.00 bits per heavy atom. The molecule has 0 radical (unpaired) electrons. The van der Waals surface area contributed by atoms with Gasteiger partial charge in [0.05, 0.1) is 13.2 Å². The Bertz CT molecular complexity index is 414. The lowest BCUT2D eigenvalue weighted by atomic mass is 10.0. The lowest BCUT2D eigenvalue weighted by Gasteiger charge is -2.14. The Morgan fingerprint density at radius 3 is 2.53 bits per heavy atom. The SMILES string of the molecule is CCOc1ccc(NC(=O)C(CC)CC)cc1CO. The predicted molar refractivity (Wildman–Crippen MR) is 76.2 cm³/mol. The van der Waals surface area contributed by atoms with Gasteiger partial charge in [-0.1, -0.05) is 13.8 Å². The molecule has 19 heavy (non-hydrogen) atoms. The van der Waals surface area contributed by atoms with Crippen molar-refractivity contribution in [1.82, 2.24) is 0 Å². The molecule has 0 aromatic heterocycles. The number of aliphatic hydroxyl groups excluding tert-OH is 1. The summed E-state index contributed by atoms with van der Waals surface area (Å²) in [6, 6.07) is 5.33. The summed E-state index contributed by atoms with van der Waals surface area (Å²) in [5.74, 6) is 0.715. The number of amides is 1. The summed E-state index contributed by atoms with van der Waals surface area (Å²) < 4.78 is 5.40. The molecule has 0 atom stereocenters. The first kappa shape index (κ1) is 15.5. The molecule has 106 valence electrons. The fraction of sp³-hybridized carbons (Fsp3) is 0.533. The van der Waals surface area contributed by atoms with E-state index in [2.05, 4.69) is 5.32 Å². The number of hydrogen-bond acceptors (Lipinski definition) is 3. The maximum absolute atomic E-state index is 12.0. The van der Waals surface area contributed by atoms with E-state index in [1.54, 1.807) is 18.2 Å². The predicted octanol–water partition coefficient (Wildman–Crippen LogP) is 2.95. The average Bonchev–Trinajstić information content (AvgIpc) is 2.42. The molecular weight excluding hydrogens is 242 g/mol. The molecule has 4 heteroatoms. The molecule has 0 aliphatic heterocycles. The van der Waals surface area contributed by atoms with Crippen molar-refractivity contribution in [2.24, 2.45) is 5.92 Å². The Labute approximate surface area is 114 Å². The molecule has 1 amide bonds. The number of anilines is 1. The lowest BCUT2D eigenvalue weighted by Crippen LogP contribution is -2.21. The van der Waals surface area contributed by atoms with E-state index >= 15 is 0 Å². The summed E-state index contributed by atoms with van der Waals surface area (Å²) in [6.45, 7) is 6.34. The van der Waals surface area contributed by atoms with Crippen molar-refractivity contribution in [2.75, 3.05) is 11.9 Å². The third-order valence-corrected chi connectivity index (χ3v) is 3.15. The molecule has 0 bridgehead atoms. The third-order valence-electron chi connectivity index (χ3n) is 3.15. The zero-order chi connectivity index (χ0) is 14.3. The van der Waals surface area contributed by atoms with E-state index in [-0.39, 0.29) is 18.4 Å². The number of aliphatic hydroxyl groups is 1. The normalized spacial score (nSPS) is 10.6. The van der Waals surface area contributed by atoms with Crippen LogP contribution in [0.1, 0.15) is 39.2 Å². The van der Waals surface area contributed by atoms with Gasteiger partial charge in [-0.15, -0.1) is 0 Å². The van der Waals surface area contributed by atoms with Gasteiger partial charge in [-0.25, -0.2) is 0 Å². The quantitative estimate of drug-likeness (QED) is 0.797. The fourth-order valence-electron chi connectivity index (χ4n) is 1.98. The van der Waals surface area contributed by atoms with Gasteiger partial charge in [0, 0.05) is 17.2 Å². The number of carbonyl (C=O) groups excluding carboxylic acids is 1. The molecule has 0 unspecified atom stereocenters. The van der Waals surface area contributed by atoms with Gasteiger partial charge in [0.2, 0.25) is 5.91 Å². The number of rotatable bonds is 7. The van der Waals surface area contributed by atoms with Crippen LogP contribution in [0.25, 0.3) is 0 Å². The highest BCUT2D eigenvalue weighted by Gasteiger charge is 2.14. The summed E-state index contributed by atoms with van der Waals surface area (Å²) in [6.07, 6.45) is 1.65. The van der Waals surface area contributed by atoms with Gasteiger partial charge < -0.3 is 15.2 Å². The van der Waals surface area contributed by atoms with Gasteiger partial charge >= 0.3 is 0 Å². The molecule has 4 nitrogen and oxygen atoms in total. The van der Waals surface area contributed by atoms with Crippen LogP contribution in [-0.2, 0) is 11.4 Å². The monoisotopic (exact) mass is 265 g/mol. The van der Waals surface area contributed by atoms with Gasteiger partial charge in [0.25, 0.3) is 0 Å². The number of benzene rings is 1. The third kappa shape index (κ3) is 4.24. The fourth-order valence-corrected chi connectivity index (χ4v) is 1.98. The minimum Gasteiger partial charge on any atom is -0.494 e. The molecule has 0 fully saturated rings. The van der Waals surface area contributed by atoms with Crippen LogP contribution in [0.2, 0.25) is 0 Å². The first-order chi connectivity index (χ1) is 9.15. The minimum atomic E-state index is -0.107. The van der Waals surface area contributed by atoms with Crippen LogP contribution in [-0.4, -0.2) is 17.6 Å². The van der Waals surface area contributed by atoms with Crippen LogP contribution in [0.5, 0.6) is 5.75 Å². The van der Waals surface area contributed by atoms with Crippen molar-refractivity contribution in [3.8, 4) is 5.75 Å². The van der Waals surface area contributed by atoms with Crippen LogP contribution < -0.4 is 10.1 Å². The molecule has 0 saturated carbocycles. The van der Waals surface area contributed by atoms with Gasteiger partial charge in [0.1, 0.15) is 5.75 Å². The summed E-state index contributed by atoms with van der Waals surface area (Å²) >= 11 is 0. The molecule has 1 rings (SSSR count). The van der Waals surface area contributed by atoms with Crippen molar-refractivity contribution < 1.29 is 14.6 Å². The molecule has 0 saturated heterocycles. The standard InChI is InChI=1S/C15H23NO3/c1-4-11(5-2)15(18)16-13-7-8-14(19-6-3)12(9-13)10-17/h7-9,11,17H,4-6,10H2,1-3H3,(H,16,18). The highest BCUT2D eigenvalue weighted by Crippen LogP contribution is 2.23. The summed E-state index contributed by atoms with van der Waals surface area (Å²) in [5.41, 5.74) is 1.38. The largest absolute Gasteiger partial charge is 0.494 e. The van der Waals surface area contributed by atoms with Crippen LogP contribution in [0.15, 0.2) is 18.2 Å². The molecule has 0 aliphatic carbocycles. The zero-order valence-corrected chi connectivity index (χ0v) is 11.9. The van der Waals surface area contributed by atoms with Crippen LogP contribution in [0.4, 0.5) is 5.69 Å². The number of hydrogen-bond donors (Lipinski definition) is 2. The molecular formula is C15H23NO3. The van der Waals surface area contributed by atoms with E-state index < -0.39 is 0 Å². The number of carbonyl (C=O) groups is 1. The highest BCUT2D eigenvalue weighted by molar-refractivity contribution is 5.92. The molecule has 1 aromatic rings. The van der Waals surface area contributed by atoms with Crippen LogP contribution in [0, 0.1) is 5.92 Å². The minimum absolute atomic E-state index is 0.0260. The van der Waals surface area contributed by atoms with E-state index in [1.807, 2.05) is 20.8 Å². The molecule has 1 aromatic carbocycles. The van der Waals surface area contributed by atoms with Crippen molar-refractivity contribution in [3.63, 3.8) is 0 Å². The topological polar surface area (TPSA) is 58.6 Å². The molecule has 0 spiro atoms. The van der Waals surface area contributed by atoms with Gasteiger partial charge in [-0.05, 0) is 38.0 Å². The van der Waals surface area contributed by atoms with Crippen LogP contribution >= 0.6 is 0 Å². The second-order valence-electron chi connectivity index (χ2n) is 4.42. The average molecular weight is 265 g/mol. The molecule has 0 aliphatic rings. The van der Waals surface area contributed by atoms with E-state index in [0.717, 1.165) is 12.8 Å². The van der Waals surface area contributed by atoms with Gasteiger partial charge in [0.15, 0.2) is 0 Å². The Morgan fingerprint density at radius 1 is 1.32 bits per heavy atom. The first-order valence-electron chi connectivity index (χ1n) is 6.83. The maximum atomic E-state index is 12.0. The lowest BCUT2D eigenvalue weighted by molar-refractivity contribution is -0.120. The van der Waals surface area contributed by atoms with E-state index in [9.17, 15) is 9.90 Å². The van der Waals surface area contributed by atoms with Crippen molar-refractivity contribution in [2.45, 2.75) is 40.2 Å². The second-order valence-corrected chi connectivity index (χ2v) is 4.42. The summed E-state index contributed by atoms with van der Waals surface area (Å²) in [4.78, 5) is 12.0. The number of ether oxygens (including phenoxy) is 1. The summed E-state index contributed by atoms with van der Waals surface area (Å²) in [7, 11) is 0. The summed E-state index contributed by atoms with van der Waals surface area (Å²) in [5, 5.41) is 12.2. The van der Waals surface area contributed by atoms with Gasteiger partial charge in [-0.2, -0.15) is 0 Å². The smallest absolute Gasteiger partial charge is 0.227 e. The van der Waals surface area contributed by atoms with E-state index in [0.29, 0.717) is 23.6 Å². The molecule has 2 N–H and O–H groups in total. The Balaban J connectivity index is 2.82. The van der Waals surface area contributed by atoms with Crippen LogP contribution in [0.3, 0.4) is 0 Å². The zero-order valence-electron chi connectivity index (χ0n) is 11.9. The van der Waals surface area contributed by atoms with Crippen molar-refractivity contribution in [3.05, 3.63) is 23.8 Å². The number of nitrogens with one attached hydrogen (secondary N) is 1. The van der Waals surface area contributed by atoms with E-state index in [1.165, 1.54) is 0 Å². The van der Waals surface area contributed by atoms with E-state index in [4.69, 9.17) is 4.74 Å². The highest BCUT2D eigenvalue weighted by atomic mass is 16.5. The molecule has 0 heterocycles. The maximum Gasteiger partial charge on any atom is 0.227 e. The Kier molecular flexibility index (Phi) is 6.36. The van der Waals surface area contributed by atoms with Crippen molar-refractivity contribution >= 4 is 11.6 Å². The Hall–Kier alpha value is -1.55. The first-order valence-corrected chi connectivity index (χ1v) is 6.83.